The lowest BCUT2D eigenvalue weighted by Gasteiger charge is -2.40. The predicted molar refractivity (Wildman–Crippen MR) is 126 cm³/mol. The SMILES string of the molecule is CN1CCN(CCNC(=O)c2cc(C3CC3)nn2-c2ccccc2)[C@H](c2ccccc2)C1. The Bertz CT molecular complexity index is 1040. The van der Waals surface area contributed by atoms with E-state index in [2.05, 4.69) is 52.5 Å². The average Bonchev–Trinajstić information content (AvgIpc) is 3.59. The first-order valence-electron chi connectivity index (χ1n) is 11.6. The Morgan fingerprint density at radius 2 is 1.75 bits per heavy atom. The fraction of sp³-hybridized carbons (Fsp3) is 0.385. The van der Waals surface area contributed by atoms with Gasteiger partial charge in [0.2, 0.25) is 0 Å². The summed E-state index contributed by atoms with van der Waals surface area (Å²) < 4.78 is 1.80. The molecule has 1 amide bonds. The number of benzene rings is 2. The second-order valence-electron chi connectivity index (χ2n) is 8.96. The third-order valence-corrected chi connectivity index (χ3v) is 6.52. The van der Waals surface area contributed by atoms with Crippen molar-refractivity contribution in [2.45, 2.75) is 24.8 Å². The van der Waals surface area contributed by atoms with E-state index in [1.165, 1.54) is 5.56 Å². The fourth-order valence-electron chi connectivity index (χ4n) is 4.53. The molecular weight excluding hydrogens is 398 g/mol. The average molecular weight is 430 g/mol. The van der Waals surface area contributed by atoms with Crippen LogP contribution in [0.25, 0.3) is 5.69 Å². The van der Waals surface area contributed by atoms with Crippen LogP contribution in [0.5, 0.6) is 0 Å². The van der Waals surface area contributed by atoms with Crippen LogP contribution >= 0.6 is 0 Å². The second kappa shape index (κ2) is 9.27. The molecule has 6 nitrogen and oxygen atoms in total. The van der Waals surface area contributed by atoms with Crippen molar-refractivity contribution in [3.05, 3.63) is 83.7 Å². The van der Waals surface area contributed by atoms with Crippen molar-refractivity contribution in [3.63, 3.8) is 0 Å². The van der Waals surface area contributed by atoms with Crippen LogP contribution in [0, 0.1) is 0 Å². The van der Waals surface area contributed by atoms with Gasteiger partial charge in [0.15, 0.2) is 0 Å². The molecule has 2 aliphatic rings. The number of piperazine rings is 1. The molecule has 1 atom stereocenters. The number of rotatable bonds is 7. The predicted octanol–water partition coefficient (Wildman–Crippen LogP) is 3.47. The minimum Gasteiger partial charge on any atom is -0.349 e. The number of hydrogen-bond acceptors (Lipinski definition) is 4. The highest BCUT2D eigenvalue weighted by atomic mass is 16.2. The van der Waals surface area contributed by atoms with Gasteiger partial charge in [0.05, 0.1) is 11.4 Å². The molecule has 6 heteroatoms. The van der Waals surface area contributed by atoms with Crippen LogP contribution in [0.15, 0.2) is 66.7 Å². The molecule has 0 radical (unpaired) electrons. The van der Waals surface area contributed by atoms with Crippen molar-refractivity contribution in [2.75, 3.05) is 39.8 Å². The van der Waals surface area contributed by atoms with Gasteiger partial charge >= 0.3 is 0 Å². The van der Waals surface area contributed by atoms with Crippen molar-refractivity contribution in [2.24, 2.45) is 0 Å². The highest BCUT2D eigenvalue weighted by Crippen LogP contribution is 2.39. The highest BCUT2D eigenvalue weighted by Gasteiger charge is 2.29. The number of carbonyl (C=O) groups is 1. The minimum absolute atomic E-state index is 0.0568. The number of nitrogens with one attached hydrogen (secondary N) is 1. The van der Waals surface area contributed by atoms with Crippen molar-refractivity contribution in [3.8, 4) is 5.69 Å². The van der Waals surface area contributed by atoms with E-state index in [1.807, 2.05) is 36.4 Å². The maximum Gasteiger partial charge on any atom is 0.270 e. The van der Waals surface area contributed by atoms with Gasteiger partial charge in [-0.25, -0.2) is 4.68 Å². The molecule has 1 N–H and O–H groups in total. The molecule has 2 fully saturated rings. The molecule has 5 rings (SSSR count). The number of nitrogens with zero attached hydrogens (tertiary/aromatic N) is 4. The quantitative estimate of drug-likeness (QED) is 0.625. The van der Waals surface area contributed by atoms with E-state index in [0.29, 0.717) is 24.2 Å². The minimum atomic E-state index is -0.0568. The fourth-order valence-corrected chi connectivity index (χ4v) is 4.53. The maximum absolute atomic E-state index is 13.1. The molecule has 1 saturated heterocycles. The Morgan fingerprint density at radius 3 is 2.47 bits per heavy atom. The largest absolute Gasteiger partial charge is 0.349 e. The zero-order valence-electron chi connectivity index (χ0n) is 18.7. The van der Waals surface area contributed by atoms with Crippen LogP contribution in [-0.2, 0) is 0 Å². The van der Waals surface area contributed by atoms with E-state index < -0.39 is 0 Å². The summed E-state index contributed by atoms with van der Waals surface area (Å²) in [6, 6.07) is 22.9. The van der Waals surface area contributed by atoms with Crippen LogP contribution in [-0.4, -0.2) is 65.3 Å². The first-order chi connectivity index (χ1) is 15.7. The van der Waals surface area contributed by atoms with Gasteiger partial charge in [-0.3, -0.25) is 9.69 Å². The van der Waals surface area contributed by atoms with Crippen molar-refractivity contribution in [1.29, 1.82) is 0 Å². The zero-order chi connectivity index (χ0) is 21.9. The highest BCUT2D eigenvalue weighted by molar-refractivity contribution is 5.93. The molecule has 3 aromatic rings. The summed E-state index contributed by atoms with van der Waals surface area (Å²) in [6.45, 7) is 4.49. The number of carbonyl (C=O) groups excluding carboxylic acids is 1. The lowest BCUT2D eigenvalue weighted by Crippen LogP contribution is -2.49. The van der Waals surface area contributed by atoms with Gasteiger partial charge in [0, 0.05) is 44.7 Å². The molecule has 0 unspecified atom stereocenters. The molecule has 32 heavy (non-hydrogen) atoms. The van der Waals surface area contributed by atoms with Gasteiger partial charge < -0.3 is 10.2 Å². The van der Waals surface area contributed by atoms with Crippen LogP contribution in [0.1, 0.15) is 46.5 Å². The smallest absolute Gasteiger partial charge is 0.270 e. The Balaban J connectivity index is 1.27. The summed E-state index contributed by atoms with van der Waals surface area (Å²) in [4.78, 5) is 18.0. The first-order valence-corrected chi connectivity index (χ1v) is 11.6. The number of aromatic nitrogens is 2. The number of likely N-dealkylation sites (N-methyl/N-ethyl adjacent to an activating group) is 1. The topological polar surface area (TPSA) is 53.4 Å². The Labute approximate surface area is 189 Å². The standard InChI is InChI=1S/C26H31N5O/c1-29-16-17-30(25(19-29)21-8-4-2-5-9-21)15-14-27-26(32)24-18-23(20-12-13-20)28-31(24)22-10-6-3-7-11-22/h2-11,18,20,25H,12-17,19H2,1H3,(H,27,32)/t25-/m0/s1. The van der Waals surface area contributed by atoms with Gasteiger partial charge in [-0.15, -0.1) is 0 Å². The summed E-state index contributed by atoms with van der Waals surface area (Å²) in [7, 11) is 2.18. The van der Waals surface area contributed by atoms with Gasteiger partial charge in [-0.2, -0.15) is 5.10 Å². The zero-order valence-corrected chi connectivity index (χ0v) is 18.7. The van der Waals surface area contributed by atoms with Gasteiger partial charge in [-0.1, -0.05) is 48.5 Å². The molecule has 0 bridgehead atoms. The normalized spacial score (nSPS) is 19.7. The summed E-state index contributed by atoms with van der Waals surface area (Å²) in [5.41, 5.74) is 3.91. The summed E-state index contributed by atoms with van der Waals surface area (Å²) in [6.07, 6.45) is 2.33. The summed E-state index contributed by atoms with van der Waals surface area (Å²) in [5, 5.41) is 7.92. The van der Waals surface area contributed by atoms with Gasteiger partial charge in [-0.05, 0) is 43.7 Å². The molecule has 1 aliphatic carbocycles. The van der Waals surface area contributed by atoms with Crippen LogP contribution in [0.3, 0.4) is 0 Å². The van der Waals surface area contributed by atoms with Gasteiger partial charge in [0.25, 0.3) is 5.91 Å². The number of para-hydroxylation sites is 1. The summed E-state index contributed by atoms with van der Waals surface area (Å²) in [5.74, 6) is 0.446. The third-order valence-electron chi connectivity index (χ3n) is 6.52. The van der Waals surface area contributed by atoms with Crippen LogP contribution in [0.2, 0.25) is 0 Å². The summed E-state index contributed by atoms with van der Waals surface area (Å²) >= 11 is 0. The van der Waals surface area contributed by atoms with Crippen molar-refractivity contribution < 1.29 is 4.79 Å². The van der Waals surface area contributed by atoms with E-state index in [1.54, 1.807) is 4.68 Å². The molecule has 1 aliphatic heterocycles. The maximum atomic E-state index is 13.1. The second-order valence-corrected chi connectivity index (χ2v) is 8.96. The van der Waals surface area contributed by atoms with E-state index in [4.69, 9.17) is 5.10 Å². The molecule has 2 aromatic carbocycles. The van der Waals surface area contributed by atoms with E-state index >= 15 is 0 Å². The Kier molecular flexibility index (Phi) is 6.06. The third kappa shape index (κ3) is 4.61. The molecule has 166 valence electrons. The number of hydrogen-bond donors (Lipinski definition) is 1. The van der Waals surface area contributed by atoms with E-state index in [9.17, 15) is 4.79 Å². The monoisotopic (exact) mass is 429 g/mol. The molecule has 1 saturated carbocycles. The van der Waals surface area contributed by atoms with Crippen molar-refractivity contribution in [1.82, 2.24) is 24.9 Å². The lowest BCUT2D eigenvalue weighted by molar-refractivity contribution is 0.0839. The van der Waals surface area contributed by atoms with Crippen LogP contribution < -0.4 is 5.32 Å². The Hall–Kier alpha value is -2.96. The lowest BCUT2D eigenvalue weighted by atomic mass is 10.0. The first kappa shape index (κ1) is 20.9. The van der Waals surface area contributed by atoms with Crippen molar-refractivity contribution >= 4 is 5.91 Å². The van der Waals surface area contributed by atoms with Gasteiger partial charge in [0.1, 0.15) is 5.69 Å². The van der Waals surface area contributed by atoms with E-state index in [0.717, 1.165) is 50.4 Å². The number of amides is 1. The molecule has 0 spiro atoms. The molecule has 2 heterocycles. The van der Waals surface area contributed by atoms with E-state index in [-0.39, 0.29) is 5.91 Å². The van der Waals surface area contributed by atoms with Crippen LogP contribution in [0.4, 0.5) is 0 Å². The molecular formula is C26H31N5O. The Morgan fingerprint density at radius 1 is 1.03 bits per heavy atom. The molecule has 1 aromatic heterocycles.